The summed E-state index contributed by atoms with van der Waals surface area (Å²) in [7, 11) is 0. The van der Waals surface area contributed by atoms with Crippen LogP contribution in [0.25, 0.3) is 10.9 Å². The second-order valence-electron chi connectivity index (χ2n) is 9.30. The summed E-state index contributed by atoms with van der Waals surface area (Å²) < 4.78 is 8.50. The van der Waals surface area contributed by atoms with Crippen LogP contribution < -0.4 is 0 Å². The zero-order valence-electron chi connectivity index (χ0n) is 16.6. The smallest absolute Gasteiger partial charge is 0.0682 e. The average molecular weight is 368 g/mol. The minimum atomic E-state index is 0.518. The van der Waals surface area contributed by atoms with Gasteiger partial charge in [0.25, 0.3) is 0 Å². The van der Waals surface area contributed by atoms with Gasteiger partial charge in [0.2, 0.25) is 0 Å². The van der Waals surface area contributed by atoms with E-state index in [2.05, 4.69) is 45.9 Å². The number of piperidine rings is 1. The predicted molar refractivity (Wildman–Crippen MR) is 109 cm³/mol. The lowest BCUT2D eigenvalue weighted by atomic mass is 9.86. The largest absolute Gasteiger partial charge is 0.378 e. The van der Waals surface area contributed by atoms with Gasteiger partial charge < -0.3 is 4.74 Å². The minimum absolute atomic E-state index is 0.518. The number of hydrogen-bond acceptors (Lipinski definition) is 3. The summed E-state index contributed by atoms with van der Waals surface area (Å²) in [5, 5.41) is 5.87. The molecule has 4 atom stereocenters. The molecule has 3 heterocycles. The van der Waals surface area contributed by atoms with Crippen molar-refractivity contribution in [3.8, 4) is 0 Å². The number of para-hydroxylation sites is 1. The fourth-order valence-corrected chi connectivity index (χ4v) is 5.47. The zero-order valence-corrected chi connectivity index (χ0v) is 16.6. The first kappa shape index (κ1) is 17.7. The topological polar surface area (TPSA) is 30.3 Å². The number of fused-ring (bicyclic) bond motifs is 3. The highest BCUT2D eigenvalue weighted by atomic mass is 16.5. The van der Waals surface area contributed by atoms with E-state index in [1.54, 1.807) is 0 Å². The molecule has 2 aromatic rings. The summed E-state index contributed by atoms with van der Waals surface area (Å²) in [5.41, 5.74) is 1.26. The molecule has 1 aromatic carbocycles. The molecule has 5 rings (SSSR count). The van der Waals surface area contributed by atoms with Crippen molar-refractivity contribution in [1.29, 1.82) is 0 Å². The third kappa shape index (κ3) is 3.66. The highest BCUT2D eigenvalue weighted by Crippen LogP contribution is 2.38. The van der Waals surface area contributed by atoms with Gasteiger partial charge in [0, 0.05) is 37.2 Å². The highest BCUT2D eigenvalue weighted by molar-refractivity contribution is 5.78. The molecule has 0 radical (unpaired) electrons. The maximum Gasteiger partial charge on any atom is 0.0682 e. The Morgan fingerprint density at radius 1 is 1.07 bits per heavy atom. The molecular formula is C23H33N3O. The monoisotopic (exact) mass is 367 g/mol. The van der Waals surface area contributed by atoms with Gasteiger partial charge in [-0.15, -0.1) is 0 Å². The fraction of sp³-hybridized carbons (Fsp3) is 0.696. The van der Waals surface area contributed by atoms with Gasteiger partial charge in [-0.1, -0.05) is 31.5 Å². The van der Waals surface area contributed by atoms with E-state index in [1.165, 1.54) is 62.4 Å². The normalized spacial score (nSPS) is 29.9. The maximum atomic E-state index is 6.31. The van der Waals surface area contributed by atoms with E-state index in [1.807, 2.05) is 6.20 Å². The minimum Gasteiger partial charge on any atom is -0.378 e. The lowest BCUT2D eigenvalue weighted by Gasteiger charge is -2.40. The molecule has 3 fully saturated rings. The molecule has 1 aromatic heterocycles. The molecule has 27 heavy (non-hydrogen) atoms. The van der Waals surface area contributed by atoms with Crippen molar-refractivity contribution in [2.24, 2.45) is 11.8 Å². The molecule has 2 saturated heterocycles. The first-order valence-electron chi connectivity index (χ1n) is 11.0. The zero-order chi connectivity index (χ0) is 18.2. The Balaban J connectivity index is 1.16. The summed E-state index contributed by atoms with van der Waals surface area (Å²) >= 11 is 0. The van der Waals surface area contributed by atoms with Crippen LogP contribution in [0.3, 0.4) is 0 Å². The van der Waals surface area contributed by atoms with E-state index in [9.17, 15) is 0 Å². The SMILES string of the molecule is C[C@H](CN1[C@@H]2CC[C@H]1CC(OCC1CCC1)C2)Cn1ncc2ccccc21. The van der Waals surface area contributed by atoms with Crippen LogP contribution in [0, 0.1) is 11.8 Å². The summed E-state index contributed by atoms with van der Waals surface area (Å²) in [5.74, 6) is 1.48. The number of hydrogen-bond donors (Lipinski definition) is 0. The standard InChI is InChI=1S/C23H33N3O/c1-17(15-26-23-8-3-2-7-19(23)13-24-26)14-25-20-9-10-21(25)12-22(11-20)27-16-18-5-4-6-18/h2-3,7-8,13,17-18,20-22H,4-6,9-12,14-16H2,1H3/t17-,20-,21+,22?/m1/s1. The van der Waals surface area contributed by atoms with Gasteiger partial charge in [0.15, 0.2) is 0 Å². The fourth-order valence-electron chi connectivity index (χ4n) is 5.47. The average Bonchev–Trinajstić information content (AvgIpc) is 3.12. The van der Waals surface area contributed by atoms with Gasteiger partial charge >= 0.3 is 0 Å². The predicted octanol–water partition coefficient (Wildman–Crippen LogP) is 4.48. The molecule has 0 amide bonds. The van der Waals surface area contributed by atoms with Crippen LogP contribution in [0.4, 0.5) is 0 Å². The number of benzene rings is 1. The van der Waals surface area contributed by atoms with Crippen molar-refractivity contribution >= 4 is 10.9 Å². The number of nitrogens with zero attached hydrogens (tertiary/aromatic N) is 3. The second-order valence-corrected chi connectivity index (χ2v) is 9.30. The molecule has 0 N–H and O–H groups in total. The van der Waals surface area contributed by atoms with Crippen LogP contribution in [-0.4, -0.2) is 46.0 Å². The summed E-state index contributed by atoms with van der Waals surface area (Å²) in [6.45, 7) is 5.60. The third-order valence-corrected chi connectivity index (χ3v) is 7.19. The second kappa shape index (κ2) is 7.56. The molecule has 3 aliphatic rings. The van der Waals surface area contributed by atoms with Crippen LogP contribution in [0.15, 0.2) is 30.5 Å². The lowest BCUT2D eigenvalue weighted by molar-refractivity contribution is -0.0449. The number of rotatable bonds is 7. The maximum absolute atomic E-state index is 6.31. The van der Waals surface area contributed by atoms with Crippen molar-refractivity contribution in [2.45, 2.75) is 76.6 Å². The van der Waals surface area contributed by atoms with Crippen molar-refractivity contribution in [3.63, 3.8) is 0 Å². The first-order valence-corrected chi connectivity index (χ1v) is 11.0. The van der Waals surface area contributed by atoms with Crippen LogP contribution in [-0.2, 0) is 11.3 Å². The van der Waals surface area contributed by atoms with Crippen molar-refractivity contribution in [3.05, 3.63) is 30.5 Å². The van der Waals surface area contributed by atoms with Crippen molar-refractivity contribution in [1.82, 2.24) is 14.7 Å². The Kier molecular flexibility index (Phi) is 4.95. The third-order valence-electron chi connectivity index (χ3n) is 7.19. The van der Waals surface area contributed by atoms with Crippen LogP contribution in [0.1, 0.15) is 51.9 Å². The summed E-state index contributed by atoms with van der Waals surface area (Å²) in [4.78, 5) is 2.81. The number of aromatic nitrogens is 2. The Morgan fingerprint density at radius 3 is 2.59 bits per heavy atom. The van der Waals surface area contributed by atoms with Gasteiger partial charge in [-0.05, 0) is 56.4 Å². The van der Waals surface area contributed by atoms with Gasteiger partial charge in [0.05, 0.1) is 17.8 Å². The van der Waals surface area contributed by atoms with Crippen LogP contribution >= 0.6 is 0 Å². The summed E-state index contributed by atoms with van der Waals surface area (Å²) in [6, 6.07) is 10.0. The quantitative estimate of drug-likeness (QED) is 0.722. The molecule has 2 aliphatic heterocycles. The molecule has 4 heteroatoms. The van der Waals surface area contributed by atoms with Gasteiger partial charge in [-0.2, -0.15) is 5.10 Å². The van der Waals surface area contributed by atoms with Crippen LogP contribution in [0.2, 0.25) is 0 Å². The first-order chi connectivity index (χ1) is 13.3. The Bertz CT molecular complexity index is 754. The van der Waals surface area contributed by atoms with E-state index in [4.69, 9.17) is 4.74 Å². The number of ether oxygens (including phenoxy) is 1. The van der Waals surface area contributed by atoms with Gasteiger partial charge in [-0.3, -0.25) is 9.58 Å². The highest BCUT2D eigenvalue weighted by Gasteiger charge is 2.41. The van der Waals surface area contributed by atoms with Gasteiger partial charge in [0.1, 0.15) is 0 Å². The molecule has 1 unspecified atom stereocenters. The molecule has 0 spiro atoms. The van der Waals surface area contributed by atoms with Crippen molar-refractivity contribution < 1.29 is 4.74 Å². The van der Waals surface area contributed by atoms with Crippen LogP contribution in [0.5, 0.6) is 0 Å². The molecule has 4 nitrogen and oxygen atoms in total. The molecule has 1 aliphatic carbocycles. The van der Waals surface area contributed by atoms with Crippen molar-refractivity contribution in [2.75, 3.05) is 13.2 Å². The van der Waals surface area contributed by atoms with E-state index in [0.29, 0.717) is 12.0 Å². The van der Waals surface area contributed by atoms with E-state index >= 15 is 0 Å². The molecular weight excluding hydrogens is 334 g/mol. The summed E-state index contributed by atoms with van der Waals surface area (Å²) in [6.07, 6.45) is 12.0. The van der Waals surface area contributed by atoms with Gasteiger partial charge in [-0.25, -0.2) is 0 Å². The van der Waals surface area contributed by atoms with E-state index in [0.717, 1.165) is 31.2 Å². The molecule has 2 bridgehead atoms. The Hall–Kier alpha value is -1.39. The van der Waals surface area contributed by atoms with E-state index in [-0.39, 0.29) is 0 Å². The van der Waals surface area contributed by atoms with E-state index < -0.39 is 0 Å². The molecule has 146 valence electrons. The molecule has 1 saturated carbocycles. The Morgan fingerprint density at radius 2 is 1.85 bits per heavy atom. The lowest BCUT2D eigenvalue weighted by Crippen LogP contribution is -2.47. The Labute approximate surface area is 162 Å².